The molecule has 12 rings (SSSR count). The van der Waals surface area contributed by atoms with E-state index >= 15 is 0 Å². The Hall–Kier alpha value is -7.42. The quantitative estimate of drug-likeness (QED) is 0.173. The molecule has 0 radical (unpaired) electrons. The van der Waals surface area contributed by atoms with E-state index in [4.69, 9.17) is 0 Å². The molecule has 0 bridgehead atoms. The SMILES string of the molecule is C1=CC(NC2=CC3=C(CC2)c2ccccc2C32c3ccccc3-c3c(N(c4ccccc4)c4ccccc4-c4ccccc4)cccc32)C(c2cccc3ccccc23)C=C1. The van der Waals surface area contributed by atoms with Crippen molar-refractivity contribution in [3.63, 3.8) is 0 Å². The van der Waals surface area contributed by atoms with Crippen LogP contribution in [0.25, 0.3) is 38.6 Å². The van der Waals surface area contributed by atoms with Crippen LogP contribution < -0.4 is 10.2 Å². The smallest absolute Gasteiger partial charge is 0.0723 e. The van der Waals surface area contributed by atoms with E-state index in [0.717, 1.165) is 24.2 Å². The van der Waals surface area contributed by atoms with Crippen LogP contribution in [-0.4, -0.2) is 6.04 Å². The molecule has 1 spiro atoms. The molecule has 0 heterocycles. The van der Waals surface area contributed by atoms with E-state index in [1.165, 1.54) is 83.4 Å². The van der Waals surface area contributed by atoms with Crippen molar-refractivity contribution in [1.82, 2.24) is 5.32 Å². The van der Waals surface area contributed by atoms with Crippen LogP contribution in [0.4, 0.5) is 17.1 Å². The lowest BCUT2D eigenvalue weighted by Gasteiger charge is -2.35. The van der Waals surface area contributed by atoms with Crippen LogP contribution in [0.2, 0.25) is 0 Å². The van der Waals surface area contributed by atoms with Crippen LogP contribution in [-0.2, 0) is 5.41 Å². The fraction of sp³-hybridized carbons (Fsp3) is 0.0847. The molecular formula is C59H44N2. The fourth-order valence-corrected chi connectivity index (χ4v) is 11.1. The van der Waals surface area contributed by atoms with E-state index in [9.17, 15) is 0 Å². The van der Waals surface area contributed by atoms with Crippen molar-refractivity contribution in [3.8, 4) is 22.3 Å². The van der Waals surface area contributed by atoms with Crippen LogP contribution >= 0.6 is 0 Å². The van der Waals surface area contributed by atoms with E-state index < -0.39 is 5.41 Å². The molecule has 3 atom stereocenters. The summed E-state index contributed by atoms with van der Waals surface area (Å²) in [7, 11) is 0. The van der Waals surface area contributed by atoms with Crippen molar-refractivity contribution in [3.05, 3.63) is 264 Å². The molecule has 290 valence electrons. The molecule has 61 heavy (non-hydrogen) atoms. The standard InChI is InChI=1S/C59H44N2/c1-3-19-41(20-4-1)45-26-12-16-35-56(45)61(43-23-5-2-6-24-43)57-36-18-33-53-58(57)50-29-10-14-32-52(50)59(53)51-31-13-9-27-47(51)48-38-37-42(39-54(48)59)60-55-34-15-11-28-49(55)46-30-17-22-40-21-7-8-25-44(40)46/h1-36,39,49,55,60H,37-38H2. The summed E-state index contributed by atoms with van der Waals surface area (Å²) >= 11 is 0. The highest BCUT2D eigenvalue weighted by Gasteiger charge is 2.53. The molecule has 0 aromatic heterocycles. The van der Waals surface area contributed by atoms with Gasteiger partial charge in [0.15, 0.2) is 0 Å². The van der Waals surface area contributed by atoms with Crippen molar-refractivity contribution in [2.75, 3.05) is 4.90 Å². The van der Waals surface area contributed by atoms with Gasteiger partial charge in [0.2, 0.25) is 0 Å². The van der Waals surface area contributed by atoms with E-state index in [1.807, 2.05) is 0 Å². The lowest BCUT2D eigenvalue weighted by Crippen LogP contribution is -2.34. The molecule has 4 aliphatic rings. The predicted octanol–water partition coefficient (Wildman–Crippen LogP) is 14.6. The minimum atomic E-state index is -0.472. The first-order valence-corrected chi connectivity index (χ1v) is 21.7. The van der Waals surface area contributed by atoms with Gasteiger partial charge in [0.05, 0.1) is 22.8 Å². The molecular weight excluding hydrogens is 737 g/mol. The second-order valence-corrected chi connectivity index (χ2v) is 16.7. The molecule has 8 aromatic carbocycles. The third-order valence-corrected chi connectivity index (χ3v) is 13.5. The number of para-hydroxylation sites is 2. The second kappa shape index (κ2) is 14.4. The number of hydrogen-bond acceptors (Lipinski definition) is 2. The van der Waals surface area contributed by atoms with Gasteiger partial charge in [-0.2, -0.15) is 0 Å². The van der Waals surface area contributed by atoms with Gasteiger partial charge >= 0.3 is 0 Å². The first kappa shape index (κ1) is 35.5. The summed E-state index contributed by atoms with van der Waals surface area (Å²) in [6, 6.07) is 71.7. The summed E-state index contributed by atoms with van der Waals surface area (Å²) in [6.07, 6.45) is 13.6. The molecule has 4 aliphatic carbocycles. The van der Waals surface area contributed by atoms with E-state index in [0.29, 0.717) is 0 Å². The molecule has 2 nitrogen and oxygen atoms in total. The van der Waals surface area contributed by atoms with Crippen LogP contribution in [0, 0.1) is 0 Å². The van der Waals surface area contributed by atoms with Gasteiger partial charge < -0.3 is 10.2 Å². The van der Waals surface area contributed by atoms with Gasteiger partial charge in [0, 0.05) is 28.4 Å². The third-order valence-electron chi connectivity index (χ3n) is 13.5. The highest BCUT2D eigenvalue weighted by atomic mass is 15.1. The Bertz CT molecular complexity index is 3130. The van der Waals surface area contributed by atoms with Crippen LogP contribution in [0.1, 0.15) is 46.6 Å². The number of hydrogen-bond donors (Lipinski definition) is 1. The maximum Gasteiger partial charge on any atom is 0.0723 e. The number of benzene rings is 8. The molecule has 0 fully saturated rings. The normalized spacial score (nSPS) is 19.3. The number of fused-ring (bicyclic) bond motifs is 10. The monoisotopic (exact) mass is 780 g/mol. The lowest BCUT2D eigenvalue weighted by atomic mass is 9.69. The molecule has 0 saturated heterocycles. The van der Waals surface area contributed by atoms with E-state index in [2.05, 4.69) is 235 Å². The Kier molecular flexibility index (Phi) is 8.38. The van der Waals surface area contributed by atoms with Gasteiger partial charge in [0.1, 0.15) is 0 Å². The number of anilines is 3. The molecule has 1 N–H and O–H groups in total. The van der Waals surface area contributed by atoms with Gasteiger partial charge in [0.25, 0.3) is 0 Å². The largest absolute Gasteiger partial charge is 0.381 e. The van der Waals surface area contributed by atoms with Crippen molar-refractivity contribution >= 4 is 33.4 Å². The van der Waals surface area contributed by atoms with Crippen LogP contribution in [0.15, 0.2) is 236 Å². The first-order valence-electron chi connectivity index (χ1n) is 21.7. The molecule has 3 unspecified atom stereocenters. The average molecular weight is 781 g/mol. The van der Waals surface area contributed by atoms with Crippen molar-refractivity contribution in [2.24, 2.45) is 0 Å². The summed E-state index contributed by atoms with van der Waals surface area (Å²) < 4.78 is 0. The summed E-state index contributed by atoms with van der Waals surface area (Å²) in [4.78, 5) is 2.49. The maximum atomic E-state index is 4.14. The number of nitrogens with zero attached hydrogens (tertiary/aromatic N) is 1. The summed E-state index contributed by atoms with van der Waals surface area (Å²) in [5.74, 6) is 0.209. The molecule has 0 saturated carbocycles. The third kappa shape index (κ3) is 5.49. The minimum Gasteiger partial charge on any atom is -0.381 e. The second-order valence-electron chi connectivity index (χ2n) is 16.7. The Labute approximate surface area is 358 Å². The Morgan fingerprint density at radius 2 is 1.11 bits per heavy atom. The van der Waals surface area contributed by atoms with Gasteiger partial charge in [-0.25, -0.2) is 0 Å². The zero-order valence-corrected chi connectivity index (χ0v) is 33.9. The van der Waals surface area contributed by atoms with Crippen LogP contribution in [0.5, 0.6) is 0 Å². The zero-order chi connectivity index (χ0) is 40.3. The van der Waals surface area contributed by atoms with Gasteiger partial charge in [-0.15, -0.1) is 0 Å². The average Bonchev–Trinajstić information content (AvgIpc) is 3.80. The van der Waals surface area contributed by atoms with Crippen LogP contribution in [0.3, 0.4) is 0 Å². The first-order chi connectivity index (χ1) is 30.3. The summed E-state index contributed by atoms with van der Waals surface area (Å²) in [5.41, 5.74) is 18.9. The van der Waals surface area contributed by atoms with Crippen molar-refractivity contribution in [2.45, 2.75) is 30.2 Å². The lowest BCUT2D eigenvalue weighted by molar-refractivity contribution is 0.588. The Balaban J connectivity index is 1.04. The highest BCUT2D eigenvalue weighted by molar-refractivity contribution is 6.02. The van der Waals surface area contributed by atoms with Gasteiger partial charge in [-0.3, -0.25) is 0 Å². The summed E-state index contributed by atoms with van der Waals surface area (Å²) in [6.45, 7) is 0. The fourth-order valence-electron chi connectivity index (χ4n) is 11.1. The zero-order valence-electron chi connectivity index (χ0n) is 33.9. The molecule has 0 aliphatic heterocycles. The number of rotatable bonds is 7. The van der Waals surface area contributed by atoms with Crippen molar-refractivity contribution < 1.29 is 0 Å². The topological polar surface area (TPSA) is 15.3 Å². The highest BCUT2D eigenvalue weighted by Crippen LogP contribution is 2.65. The molecule has 0 amide bonds. The number of allylic oxidation sites excluding steroid dienone is 6. The predicted molar refractivity (Wildman–Crippen MR) is 254 cm³/mol. The van der Waals surface area contributed by atoms with Gasteiger partial charge in [-0.1, -0.05) is 194 Å². The van der Waals surface area contributed by atoms with E-state index in [-0.39, 0.29) is 12.0 Å². The Morgan fingerprint density at radius 3 is 1.97 bits per heavy atom. The van der Waals surface area contributed by atoms with Gasteiger partial charge in [-0.05, 0) is 104 Å². The van der Waals surface area contributed by atoms with Crippen molar-refractivity contribution in [1.29, 1.82) is 0 Å². The number of nitrogens with one attached hydrogen (secondary N) is 1. The minimum absolute atomic E-state index is 0.128. The molecule has 8 aromatic rings. The maximum absolute atomic E-state index is 4.14. The van der Waals surface area contributed by atoms with E-state index in [1.54, 1.807) is 0 Å². The summed E-state index contributed by atoms with van der Waals surface area (Å²) in [5, 5.41) is 6.74. The molecule has 2 heteroatoms. The Morgan fingerprint density at radius 1 is 0.492 bits per heavy atom.